The molecule has 160 valence electrons. The minimum absolute atomic E-state index is 0.318. The molecule has 30 heavy (non-hydrogen) atoms. The summed E-state index contributed by atoms with van der Waals surface area (Å²) in [5.74, 6) is 0.510. The summed E-state index contributed by atoms with van der Waals surface area (Å²) in [5.41, 5.74) is 2.06. The molecule has 1 fully saturated rings. The van der Waals surface area contributed by atoms with E-state index in [9.17, 15) is 15.3 Å². The number of ether oxygens (including phenoxy) is 1. The van der Waals surface area contributed by atoms with Crippen LogP contribution in [0.2, 0.25) is 20.1 Å². The van der Waals surface area contributed by atoms with Gasteiger partial charge in [-0.05, 0) is 29.8 Å². The van der Waals surface area contributed by atoms with E-state index >= 15 is 0 Å². The van der Waals surface area contributed by atoms with Crippen molar-refractivity contribution in [2.45, 2.75) is 35.4 Å². The van der Waals surface area contributed by atoms with Crippen LogP contribution in [0.25, 0.3) is 11.0 Å². The number of imidazole rings is 1. The van der Waals surface area contributed by atoms with Crippen LogP contribution in [0.4, 0.5) is 0 Å². The van der Waals surface area contributed by atoms with Gasteiger partial charge in [0.05, 0.1) is 37.7 Å². The van der Waals surface area contributed by atoms with E-state index in [1.54, 1.807) is 28.8 Å². The van der Waals surface area contributed by atoms with Crippen molar-refractivity contribution in [3.05, 3.63) is 56.0 Å². The first-order valence-corrected chi connectivity index (χ1v) is 11.4. The van der Waals surface area contributed by atoms with Crippen LogP contribution in [0.15, 0.2) is 35.5 Å². The Morgan fingerprint density at radius 3 is 2.33 bits per heavy atom. The number of aliphatic hydroxyl groups excluding tert-OH is 3. The first kappa shape index (κ1) is 22.5. The topological polar surface area (TPSA) is 87.7 Å². The number of hydrogen-bond donors (Lipinski definition) is 3. The molecule has 6 nitrogen and oxygen atoms in total. The minimum Gasteiger partial charge on any atom is -0.394 e. The van der Waals surface area contributed by atoms with Crippen LogP contribution < -0.4 is 0 Å². The van der Waals surface area contributed by atoms with Crippen LogP contribution in [0, 0.1) is 0 Å². The lowest BCUT2D eigenvalue weighted by molar-refractivity contribution is -0.0546. The Morgan fingerprint density at radius 2 is 1.67 bits per heavy atom. The molecule has 1 saturated heterocycles. The Bertz CT molecular complexity index is 1100. The van der Waals surface area contributed by atoms with Crippen LogP contribution >= 0.6 is 58.2 Å². The summed E-state index contributed by atoms with van der Waals surface area (Å²) in [5, 5.41) is 32.3. The van der Waals surface area contributed by atoms with Gasteiger partial charge in [0.15, 0.2) is 11.4 Å². The number of fused-ring (bicyclic) bond motifs is 1. The van der Waals surface area contributed by atoms with Crippen LogP contribution in [0.3, 0.4) is 0 Å². The van der Waals surface area contributed by atoms with E-state index in [1.165, 1.54) is 11.8 Å². The van der Waals surface area contributed by atoms with E-state index in [0.29, 0.717) is 42.0 Å². The molecule has 4 atom stereocenters. The molecule has 1 aromatic heterocycles. The van der Waals surface area contributed by atoms with E-state index in [4.69, 9.17) is 51.1 Å². The fraction of sp³-hybridized carbons (Fsp3) is 0.316. The van der Waals surface area contributed by atoms with Gasteiger partial charge in [-0.3, -0.25) is 4.57 Å². The Kier molecular flexibility index (Phi) is 6.75. The quantitative estimate of drug-likeness (QED) is 0.437. The zero-order chi connectivity index (χ0) is 21.6. The van der Waals surface area contributed by atoms with Crippen molar-refractivity contribution in [3.63, 3.8) is 0 Å². The lowest BCUT2D eigenvalue weighted by atomic mass is 10.1. The molecule has 0 spiro atoms. The third-order valence-electron chi connectivity index (χ3n) is 4.82. The molecule has 1 unspecified atom stereocenters. The fourth-order valence-electron chi connectivity index (χ4n) is 3.29. The van der Waals surface area contributed by atoms with Crippen molar-refractivity contribution < 1.29 is 20.1 Å². The number of aliphatic hydroxyl groups is 3. The van der Waals surface area contributed by atoms with Gasteiger partial charge in [-0.25, -0.2) is 4.98 Å². The van der Waals surface area contributed by atoms with E-state index in [-0.39, 0.29) is 0 Å². The second-order valence-corrected chi connectivity index (χ2v) is 9.36. The predicted molar refractivity (Wildman–Crippen MR) is 119 cm³/mol. The van der Waals surface area contributed by atoms with Crippen molar-refractivity contribution in [3.8, 4) is 0 Å². The smallest absolute Gasteiger partial charge is 0.171 e. The molecule has 0 amide bonds. The zero-order valence-electron chi connectivity index (χ0n) is 15.2. The van der Waals surface area contributed by atoms with E-state index in [0.717, 1.165) is 5.56 Å². The highest BCUT2D eigenvalue weighted by molar-refractivity contribution is 7.98. The third-order valence-corrected chi connectivity index (χ3v) is 7.31. The summed E-state index contributed by atoms with van der Waals surface area (Å²) in [6.07, 6.45) is -4.39. The highest BCUT2D eigenvalue weighted by Crippen LogP contribution is 2.39. The van der Waals surface area contributed by atoms with Crippen molar-refractivity contribution in [2.75, 3.05) is 6.61 Å². The van der Waals surface area contributed by atoms with Gasteiger partial charge in [0.2, 0.25) is 0 Å². The number of benzene rings is 2. The number of rotatable bonds is 5. The van der Waals surface area contributed by atoms with Gasteiger partial charge < -0.3 is 20.1 Å². The molecule has 11 heteroatoms. The number of aromatic nitrogens is 2. The summed E-state index contributed by atoms with van der Waals surface area (Å²) in [4.78, 5) is 4.61. The Morgan fingerprint density at radius 1 is 0.967 bits per heavy atom. The van der Waals surface area contributed by atoms with Crippen molar-refractivity contribution >= 4 is 69.2 Å². The number of nitrogens with zero attached hydrogens (tertiary/aromatic N) is 2. The first-order chi connectivity index (χ1) is 14.3. The molecule has 1 aliphatic heterocycles. The second-order valence-electron chi connectivity index (χ2n) is 6.79. The van der Waals surface area contributed by atoms with Gasteiger partial charge in [0.25, 0.3) is 0 Å². The van der Waals surface area contributed by atoms with Crippen LogP contribution in [-0.2, 0) is 10.5 Å². The molecular formula is C19H16Cl4N2O4S. The van der Waals surface area contributed by atoms with Crippen LogP contribution in [-0.4, -0.2) is 49.8 Å². The summed E-state index contributed by atoms with van der Waals surface area (Å²) < 4.78 is 7.39. The van der Waals surface area contributed by atoms with Crippen molar-refractivity contribution in [1.29, 1.82) is 0 Å². The van der Waals surface area contributed by atoms with Gasteiger partial charge >= 0.3 is 0 Å². The minimum atomic E-state index is -1.27. The van der Waals surface area contributed by atoms with Gasteiger partial charge in [0, 0.05) is 5.75 Å². The molecule has 2 heterocycles. The molecule has 4 rings (SSSR count). The lowest BCUT2D eigenvalue weighted by Crippen LogP contribution is -2.33. The number of halogens is 4. The molecule has 3 aromatic rings. The van der Waals surface area contributed by atoms with Gasteiger partial charge in [0.1, 0.15) is 18.3 Å². The monoisotopic (exact) mass is 508 g/mol. The SMILES string of the molecule is OC[C@H]1OC(n2c(SCc3ccc(Cl)c(Cl)c3)nc3cc(Cl)c(Cl)cc32)[C@H](O)[C@@H]1O. The third kappa shape index (κ3) is 4.16. The molecular weight excluding hydrogens is 494 g/mol. The maximum absolute atomic E-state index is 10.6. The van der Waals surface area contributed by atoms with E-state index in [2.05, 4.69) is 4.98 Å². The summed E-state index contributed by atoms with van der Waals surface area (Å²) >= 11 is 25.8. The van der Waals surface area contributed by atoms with E-state index in [1.807, 2.05) is 6.07 Å². The van der Waals surface area contributed by atoms with Crippen molar-refractivity contribution in [2.24, 2.45) is 0 Å². The lowest BCUT2D eigenvalue weighted by Gasteiger charge is -2.20. The molecule has 1 aliphatic rings. The Labute approximate surface area is 196 Å². The maximum Gasteiger partial charge on any atom is 0.171 e. The van der Waals surface area contributed by atoms with Crippen molar-refractivity contribution in [1.82, 2.24) is 9.55 Å². The second kappa shape index (κ2) is 9.02. The Hall–Kier alpha value is -0.740. The zero-order valence-corrected chi connectivity index (χ0v) is 19.0. The predicted octanol–water partition coefficient (Wildman–Crippen LogP) is 4.55. The normalized spacial score (nSPS) is 24.1. The molecule has 2 aromatic carbocycles. The number of hydrogen-bond acceptors (Lipinski definition) is 6. The largest absolute Gasteiger partial charge is 0.394 e. The molecule has 0 radical (unpaired) electrons. The Balaban J connectivity index is 1.74. The molecule has 0 aliphatic carbocycles. The highest BCUT2D eigenvalue weighted by atomic mass is 35.5. The van der Waals surface area contributed by atoms with Crippen LogP contribution in [0.1, 0.15) is 11.8 Å². The standard InChI is InChI=1S/C19H16Cl4N2O4S/c20-9-2-1-8(3-10(9)21)7-30-19-24-13-4-11(22)12(23)5-14(13)25(19)18-17(28)16(27)15(6-26)29-18/h1-5,15-18,26-28H,6-7H2/t15-,16-,17-,18?/m1/s1. The molecule has 3 N–H and O–H groups in total. The molecule has 0 bridgehead atoms. The summed E-state index contributed by atoms with van der Waals surface area (Å²) in [7, 11) is 0. The van der Waals surface area contributed by atoms with Gasteiger partial charge in [-0.2, -0.15) is 0 Å². The van der Waals surface area contributed by atoms with Gasteiger partial charge in [-0.1, -0.05) is 64.2 Å². The van der Waals surface area contributed by atoms with E-state index < -0.39 is 31.1 Å². The van der Waals surface area contributed by atoms with Gasteiger partial charge in [-0.15, -0.1) is 0 Å². The first-order valence-electron chi connectivity index (χ1n) is 8.86. The molecule has 0 saturated carbocycles. The fourth-order valence-corrected chi connectivity index (χ4v) is 4.90. The average molecular weight is 510 g/mol. The number of thioether (sulfide) groups is 1. The van der Waals surface area contributed by atoms with Crippen LogP contribution in [0.5, 0.6) is 0 Å². The summed E-state index contributed by atoms with van der Waals surface area (Å²) in [6.45, 7) is -0.431. The highest BCUT2D eigenvalue weighted by Gasteiger charge is 2.44. The average Bonchev–Trinajstić information content (AvgIpc) is 3.20. The maximum atomic E-state index is 10.6. The summed E-state index contributed by atoms with van der Waals surface area (Å²) in [6, 6.07) is 8.59.